The van der Waals surface area contributed by atoms with Gasteiger partial charge in [-0.3, -0.25) is 0 Å². The van der Waals surface area contributed by atoms with Crippen molar-refractivity contribution >= 4 is 11.6 Å². The molecule has 1 saturated carbocycles. The molecule has 0 amide bonds. The molecule has 1 aliphatic carbocycles. The van der Waals surface area contributed by atoms with Gasteiger partial charge in [-0.1, -0.05) is 51.4 Å². The highest BCUT2D eigenvalue weighted by molar-refractivity contribution is 6.30. The van der Waals surface area contributed by atoms with E-state index in [1.165, 1.54) is 5.56 Å². The Kier molecular flexibility index (Phi) is 3.04. The van der Waals surface area contributed by atoms with E-state index in [-0.39, 0.29) is 6.04 Å². The Morgan fingerprint density at radius 2 is 1.82 bits per heavy atom. The number of halogens is 1. The number of nitrogens with two attached hydrogens (primary N) is 1. The van der Waals surface area contributed by atoms with Gasteiger partial charge in [0.1, 0.15) is 0 Å². The number of hydrogen-bond acceptors (Lipinski definition) is 1. The molecule has 17 heavy (non-hydrogen) atoms. The van der Waals surface area contributed by atoms with Gasteiger partial charge in [0.05, 0.1) is 0 Å². The zero-order valence-corrected chi connectivity index (χ0v) is 11.9. The van der Waals surface area contributed by atoms with E-state index >= 15 is 0 Å². The molecule has 1 aliphatic rings. The quantitative estimate of drug-likeness (QED) is 0.867. The maximum Gasteiger partial charge on any atom is 0.0408 e. The van der Waals surface area contributed by atoms with Crippen molar-refractivity contribution < 1.29 is 0 Å². The number of hydrogen-bond donors (Lipinski definition) is 1. The zero-order chi connectivity index (χ0) is 12.8. The van der Waals surface area contributed by atoms with Crippen LogP contribution >= 0.6 is 11.6 Å². The standard InChI is InChI=1S/C15H22ClN/c1-14(2)13(15(14,3)4)12(17)9-10-6-5-7-11(16)8-10/h5-8,12-13H,9,17H2,1-4H3. The maximum atomic E-state index is 6.37. The van der Waals surface area contributed by atoms with Crippen molar-refractivity contribution in [3.05, 3.63) is 34.9 Å². The summed E-state index contributed by atoms with van der Waals surface area (Å²) in [5, 5.41) is 0.795. The van der Waals surface area contributed by atoms with Crippen molar-refractivity contribution in [2.45, 2.75) is 40.2 Å². The topological polar surface area (TPSA) is 26.0 Å². The highest BCUT2D eigenvalue weighted by Crippen LogP contribution is 2.69. The van der Waals surface area contributed by atoms with Crippen LogP contribution in [0.25, 0.3) is 0 Å². The van der Waals surface area contributed by atoms with Crippen molar-refractivity contribution in [2.24, 2.45) is 22.5 Å². The molecule has 0 spiro atoms. The summed E-state index contributed by atoms with van der Waals surface area (Å²) in [6.45, 7) is 9.26. The summed E-state index contributed by atoms with van der Waals surface area (Å²) in [5.74, 6) is 0.592. The highest BCUT2D eigenvalue weighted by Gasteiger charge is 2.66. The second kappa shape index (κ2) is 4.00. The molecule has 0 saturated heterocycles. The van der Waals surface area contributed by atoms with Crippen molar-refractivity contribution in [1.29, 1.82) is 0 Å². The summed E-state index contributed by atoms with van der Waals surface area (Å²) in [6.07, 6.45) is 0.915. The van der Waals surface area contributed by atoms with Crippen LogP contribution in [0.1, 0.15) is 33.3 Å². The highest BCUT2D eigenvalue weighted by atomic mass is 35.5. The lowest BCUT2D eigenvalue weighted by Crippen LogP contribution is -2.28. The molecule has 1 aromatic rings. The Bertz CT molecular complexity index is 409. The first-order chi connectivity index (χ1) is 7.76. The minimum Gasteiger partial charge on any atom is -0.327 e. The van der Waals surface area contributed by atoms with E-state index in [1.54, 1.807) is 0 Å². The van der Waals surface area contributed by atoms with Gasteiger partial charge in [0.25, 0.3) is 0 Å². The largest absolute Gasteiger partial charge is 0.327 e. The minimum atomic E-state index is 0.221. The van der Waals surface area contributed by atoms with Crippen LogP contribution in [0.3, 0.4) is 0 Å². The van der Waals surface area contributed by atoms with Crippen LogP contribution in [0.15, 0.2) is 24.3 Å². The number of benzene rings is 1. The molecular formula is C15H22ClN. The predicted molar refractivity (Wildman–Crippen MR) is 74.2 cm³/mol. The molecule has 1 nitrogen and oxygen atoms in total. The van der Waals surface area contributed by atoms with E-state index < -0.39 is 0 Å². The average Bonchev–Trinajstić information content (AvgIpc) is 2.56. The predicted octanol–water partition coefficient (Wildman–Crippen LogP) is 3.89. The van der Waals surface area contributed by atoms with E-state index in [9.17, 15) is 0 Å². The van der Waals surface area contributed by atoms with Gasteiger partial charge in [0, 0.05) is 11.1 Å². The fourth-order valence-electron chi connectivity index (χ4n) is 3.37. The second-order valence-electron chi connectivity index (χ2n) is 6.42. The van der Waals surface area contributed by atoms with Gasteiger partial charge in [-0.15, -0.1) is 0 Å². The van der Waals surface area contributed by atoms with Crippen LogP contribution in [-0.4, -0.2) is 6.04 Å². The van der Waals surface area contributed by atoms with Gasteiger partial charge >= 0.3 is 0 Å². The van der Waals surface area contributed by atoms with E-state index in [0.29, 0.717) is 16.7 Å². The summed E-state index contributed by atoms with van der Waals surface area (Å²) in [6, 6.07) is 8.24. The van der Waals surface area contributed by atoms with Crippen LogP contribution < -0.4 is 5.73 Å². The molecule has 2 rings (SSSR count). The van der Waals surface area contributed by atoms with Crippen molar-refractivity contribution in [3.8, 4) is 0 Å². The van der Waals surface area contributed by atoms with E-state index in [1.807, 2.05) is 18.2 Å². The van der Waals surface area contributed by atoms with Crippen molar-refractivity contribution in [3.63, 3.8) is 0 Å². The second-order valence-corrected chi connectivity index (χ2v) is 6.86. The summed E-state index contributed by atoms with van der Waals surface area (Å²) in [7, 11) is 0. The first-order valence-electron chi connectivity index (χ1n) is 6.27. The van der Waals surface area contributed by atoms with E-state index in [4.69, 9.17) is 17.3 Å². The fourth-order valence-corrected chi connectivity index (χ4v) is 3.58. The first-order valence-corrected chi connectivity index (χ1v) is 6.64. The average molecular weight is 252 g/mol. The Morgan fingerprint density at radius 1 is 1.24 bits per heavy atom. The lowest BCUT2D eigenvalue weighted by molar-refractivity contribution is 0.457. The van der Waals surface area contributed by atoms with Gasteiger partial charge in [0.15, 0.2) is 0 Å². The van der Waals surface area contributed by atoms with Crippen LogP contribution in [0.4, 0.5) is 0 Å². The Labute approximate surface area is 109 Å². The Balaban J connectivity index is 2.07. The molecule has 2 heteroatoms. The SMILES string of the molecule is CC1(C)C(C(N)Cc2cccc(Cl)c2)C1(C)C. The Hall–Kier alpha value is -0.530. The monoisotopic (exact) mass is 251 g/mol. The minimum absolute atomic E-state index is 0.221. The normalized spacial score (nSPS) is 23.4. The number of rotatable bonds is 3. The van der Waals surface area contributed by atoms with Crippen LogP contribution in [-0.2, 0) is 6.42 Å². The molecule has 94 valence electrons. The lowest BCUT2D eigenvalue weighted by Gasteiger charge is -2.14. The first kappa shape index (κ1) is 12.9. The summed E-state index contributed by atoms with van der Waals surface area (Å²) < 4.78 is 0. The molecule has 1 atom stereocenters. The maximum absolute atomic E-state index is 6.37. The van der Waals surface area contributed by atoms with Crippen LogP contribution in [0, 0.1) is 16.7 Å². The van der Waals surface area contributed by atoms with Gasteiger partial charge in [-0.2, -0.15) is 0 Å². The van der Waals surface area contributed by atoms with E-state index in [2.05, 4.69) is 33.8 Å². The zero-order valence-electron chi connectivity index (χ0n) is 11.1. The molecule has 1 fully saturated rings. The third kappa shape index (κ3) is 2.11. The molecule has 0 heterocycles. The van der Waals surface area contributed by atoms with Crippen LogP contribution in [0.5, 0.6) is 0 Å². The molecule has 1 aromatic carbocycles. The van der Waals surface area contributed by atoms with Gasteiger partial charge in [0.2, 0.25) is 0 Å². The smallest absolute Gasteiger partial charge is 0.0408 e. The summed E-state index contributed by atoms with van der Waals surface area (Å²) in [4.78, 5) is 0. The third-order valence-electron chi connectivity index (χ3n) is 4.92. The van der Waals surface area contributed by atoms with Gasteiger partial charge < -0.3 is 5.73 Å². The lowest BCUT2D eigenvalue weighted by atomic mass is 9.98. The van der Waals surface area contributed by atoms with Crippen LogP contribution in [0.2, 0.25) is 5.02 Å². The Morgan fingerprint density at radius 3 is 2.29 bits per heavy atom. The molecule has 1 unspecified atom stereocenters. The third-order valence-corrected chi connectivity index (χ3v) is 5.16. The van der Waals surface area contributed by atoms with Crippen molar-refractivity contribution in [2.75, 3.05) is 0 Å². The summed E-state index contributed by atoms with van der Waals surface area (Å²) >= 11 is 5.99. The van der Waals surface area contributed by atoms with Gasteiger partial charge in [-0.25, -0.2) is 0 Å². The van der Waals surface area contributed by atoms with E-state index in [0.717, 1.165) is 11.4 Å². The molecule has 0 bridgehead atoms. The van der Waals surface area contributed by atoms with Crippen molar-refractivity contribution in [1.82, 2.24) is 0 Å². The molecular weight excluding hydrogens is 230 g/mol. The fraction of sp³-hybridized carbons (Fsp3) is 0.600. The molecule has 0 radical (unpaired) electrons. The van der Waals surface area contributed by atoms with Gasteiger partial charge in [-0.05, 0) is 40.9 Å². The summed E-state index contributed by atoms with van der Waals surface area (Å²) in [5.41, 5.74) is 8.31. The molecule has 0 aromatic heterocycles. The molecule has 2 N–H and O–H groups in total. The molecule has 0 aliphatic heterocycles.